The molecular formula is C46H44F12N4O6. The second kappa shape index (κ2) is 20.2. The topological polar surface area (TPSA) is 135 Å². The van der Waals surface area contributed by atoms with Gasteiger partial charge in [0, 0.05) is 26.7 Å². The van der Waals surface area contributed by atoms with Crippen LogP contribution in [0.25, 0.3) is 0 Å². The van der Waals surface area contributed by atoms with Crippen LogP contribution in [0.1, 0.15) is 97.3 Å². The van der Waals surface area contributed by atoms with Gasteiger partial charge in [0.2, 0.25) is 23.6 Å². The second-order valence-electron chi connectivity index (χ2n) is 16.4. The summed E-state index contributed by atoms with van der Waals surface area (Å²) in [5.41, 5.74) is -7.44. The predicted octanol–water partition coefficient (Wildman–Crippen LogP) is 9.44. The van der Waals surface area contributed by atoms with Gasteiger partial charge in [-0.1, -0.05) is 60.7 Å². The van der Waals surface area contributed by atoms with Crippen molar-refractivity contribution in [1.82, 2.24) is 21.3 Å². The van der Waals surface area contributed by atoms with Gasteiger partial charge in [0.1, 0.15) is 12.1 Å². The lowest BCUT2D eigenvalue weighted by Gasteiger charge is -2.31. The lowest BCUT2D eigenvalue weighted by Crippen LogP contribution is -2.43. The van der Waals surface area contributed by atoms with E-state index in [1.165, 1.54) is 27.7 Å². The SMILES string of the molecule is CC(=O)N[C@@H]1C[C@@](CO[C@H](C)c2cc(C(F)(F)F)cc(C(F)(F)F)c2)(c2ccccc2)NC1=O.CC(=O)N[C@H]1C[C@@](CO[C@H](C)c2cc(C(F)(F)F)cc(C(F)(F)F)c2)(c2ccccc2)NC1=O. The van der Waals surface area contributed by atoms with Crippen LogP contribution in [0.15, 0.2) is 97.1 Å². The summed E-state index contributed by atoms with van der Waals surface area (Å²) < 4.78 is 170. The maximum atomic E-state index is 13.2. The van der Waals surface area contributed by atoms with E-state index in [1.54, 1.807) is 60.7 Å². The smallest absolute Gasteiger partial charge is 0.371 e. The van der Waals surface area contributed by atoms with Crippen molar-refractivity contribution in [1.29, 1.82) is 0 Å². The summed E-state index contributed by atoms with van der Waals surface area (Å²) in [6.45, 7) is 4.66. The molecule has 2 saturated heterocycles. The molecule has 2 aliphatic rings. The van der Waals surface area contributed by atoms with Gasteiger partial charge < -0.3 is 30.7 Å². The van der Waals surface area contributed by atoms with Gasteiger partial charge in [-0.3, -0.25) is 19.2 Å². The van der Waals surface area contributed by atoms with Gasteiger partial charge >= 0.3 is 24.7 Å². The van der Waals surface area contributed by atoms with E-state index < -0.39 is 106 Å². The molecular weight excluding hydrogens is 933 g/mol. The van der Waals surface area contributed by atoms with E-state index in [4.69, 9.17) is 9.47 Å². The standard InChI is InChI=1S/2C23H22F6N2O3/c2*1-13(15-8-17(22(24,25)26)10-18(9-15)23(27,28)29)34-12-21(16-6-4-3-5-7-16)11-19(20(33)31-21)30-14(2)32/h2*3-10,13,19H,11-12H2,1-2H3,(H,30,32)(H,31,33)/t13-,19+,21-;13-,19-,21-/m11/s1. The molecule has 368 valence electrons. The number of rotatable bonds is 12. The normalized spacial score (nSPS) is 21.8. The number of amides is 4. The molecule has 2 heterocycles. The first-order valence-corrected chi connectivity index (χ1v) is 20.5. The molecule has 4 aromatic rings. The Hall–Kier alpha value is -6.16. The van der Waals surface area contributed by atoms with E-state index in [0.717, 1.165) is 0 Å². The summed E-state index contributed by atoms with van der Waals surface area (Å²) in [6, 6.07) is 17.9. The summed E-state index contributed by atoms with van der Waals surface area (Å²) in [7, 11) is 0. The molecule has 0 radical (unpaired) electrons. The Morgan fingerprint density at radius 3 is 1.07 bits per heavy atom. The highest BCUT2D eigenvalue weighted by atomic mass is 19.4. The van der Waals surface area contributed by atoms with Gasteiger partial charge in [0.05, 0.1) is 58.8 Å². The molecule has 0 unspecified atom stereocenters. The van der Waals surface area contributed by atoms with Crippen molar-refractivity contribution in [3.05, 3.63) is 142 Å². The van der Waals surface area contributed by atoms with E-state index in [1.807, 2.05) is 0 Å². The Bertz CT molecular complexity index is 2210. The number of benzene rings is 4. The van der Waals surface area contributed by atoms with Crippen molar-refractivity contribution < 1.29 is 81.3 Å². The van der Waals surface area contributed by atoms with Crippen LogP contribution in [0, 0.1) is 0 Å². The second-order valence-corrected chi connectivity index (χ2v) is 16.4. The highest BCUT2D eigenvalue weighted by Gasteiger charge is 2.48. The third-order valence-electron chi connectivity index (χ3n) is 11.2. The molecule has 68 heavy (non-hydrogen) atoms. The first-order chi connectivity index (χ1) is 31.4. The molecule has 10 nitrogen and oxygen atoms in total. The molecule has 6 atom stereocenters. The zero-order valence-corrected chi connectivity index (χ0v) is 36.4. The Kier molecular flexibility index (Phi) is 15.7. The van der Waals surface area contributed by atoms with Crippen LogP contribution in [0.2, 0.25) is 0 Å². The summed E-state index contributed by atoms with van der Waals surface area (Å²) in [5, 5.41) is 10.6. The zero-order chi connectivity index (χ0) is 50.6. The van der Waals surface area contributed by atoms with Gasteiger partial charge in [0.15, 0.2) is 0 Å². The summed E-state index contributed by atoms with van der Waals surface area (Å²) in [4.78, 5) is 47.9. The Balaban J connectivity index is 0.000000254. The molecule has 4 amide bonds. The lowest BCUT2D eigenvalue weighted by atomic mass is 9.88. The first-order valence-electron chi connectivity index (χ1n) is 20.5. The highest BCUT2D eigenvalue weighted by Crippen LogP contribution is 2.41. The van der Waals surface area contributed by atoms with Crippen LogP contribution in [0.5, 0.6) is 0 Å². The minimum Gasteiger partial charge on any atom is -0.371 e. The number of alkyl halides is 12. The Labute approximate surface area is 381 Å². The summed E-state index contributed by atoms with van der Waals surface area (Å²) >= 11 is 0. The van der Waals surface area contributed by atoms with Crippen LogP contribution in [0.4, 0.5) is 52.7 Å². The first kappa shape index (κ1) is 52.8. The van der Waals surface area contributed by atoms with Crippen LogP contribution in [-0.4, -0.2) is 48.9 Å². The fourth-order valence-corrected chi connectivity index (χ4v) is 7.76. The largest absolute Gasteiger partial charge is 0.416 e. The van der Waals surface area contributed by atoms with Gasteiger partial charge in [-0.05, 0) is 72.5 Å². The number of carbonyl (C=O) groups is 4. The molecule has 2 fully saturated rings. The minimum absolute atomic E-state index is 0.0525. The molecule has 4 aromatic carbocycles. The number of halogens is 12. The fourth-order valence-electron chi connectivity index (χ4n) is 7.76. The average Bonchev–Trinajstić information content (AvgIpc) is 3.75. The number of nitrogens with one attached hydrogen (secondary N) is 4. The minimum atomic E-state index is -4.98. The van der Waals surface area contributed by atoms with E-state index in [0.29, 0.717) is 35.4 Å². The van der Waals surface area contributed by atoms with Gasteiger partial charge in [-0.25, -0.2) is 0 Å². The predicted molar refractivity (Wildman–Crippen MR) is 219 cm³/mol. The van der Waals surface area contributed by atoms with E-state index in [9.17, 15) is 71.9 Å². The van der Waals surface area contributed by atoms with Crippen LogP contribution >= 0.6 is 0 Å². The van der Waals surface area contributed by atoms with E-state index in [-0.39, 0.29) is 49.3 Å². The van der Waals surface area contributed by atoms with Gasteiger partial charge in [0.25, 0.3) is 0 Å². The van der Waals surface area contributed by atoms with Crippen LogP contribution < -0.4 is 21.3 Å². The van der Waals surface area contributed by atoms with Crippen LogP contribution in [0.3, 0.4) is 0 Å². The van der Waals surface area contributed by atoms with E-state index in [2.05, 4.69) is 21.3 Å². The number of hydrogen-bond acceptors (Lipinski definition) is 6. The number of ether oxygens (including phenoxy) is 2. The summed E-state index contributed by atoms with van der Waals surface area (Å²) in [5.74, 6) is -1.81. The van der Waals surface area contributed by atoms with Gasteiger partial charge in [-0.15, -0.1) is 0 Å². The van der Waals surface area contributed by atoms with Crippen molar-refractivity contribution >= 4 is 23.6 Å². The molecule has 0 saturated carbocycles. The monoisotopic (exact) mass is 976 g/mol. The molecule has 0 aliphatic carbocycles. The van der Waals surface area contributed by atoms with Crippen molar-refractivity contribution in [2.45, 2.75) is 101 Å². The highest BCUT2D eigenvalue weighted by molar-refractivity contribution is 5.90. The number of carbonyl (C=O) groups excluding carboxylic acids is 4. The molecule has 0 bridgehead atoms. The molecule has 2 aliphatic heterocycles. The summed E-state index contributed by atoms with van der Waals surface area (Å²) in [6.07, 6.45) is -22.1. The quantitative estimate of drug-likeness (QED) is 0.105. The van der Waals surface area contributed by atoms with Crippen molar-refractivity contribution in [2.75, 3.05) is 13.2 Å². The molecule has 0 spiro atoms. The Morgan fingerprint density at radius 2 is 0.824 bits per heavy atom. The molecule has 6 rings (SSSR count). The lowest BCUT2D eigenvalue weighted by molar-refractivity contribution is -0.145. The van der Waals surface area contributed by atoms with Crippen LogP contribution in [-0.2, 0) is 64.4 Å². The third kappa shape index (κ3) is 13.1. The molecule has 0 aromatic heterocycles. The number of hydrogen-bond donors (Lipinski definition) is 4. The van der Waals surface area contributed by atoms with Crippen molar-refractivity contribution in [2.24, 2.45) is 0 Å². The van der Waals surface area contributed by atoms with Crippen molar-refractivity contribution in [3.63, 3.8) is 0 Å². The fraction of sp³-hybridized carbons (Fsp3) is 0.391. The molecule has 22 heteroatoms. The average molecular weight is 977 g/mol. The Morgan fingerprint density at radius 1 is 0.544 bits per heavy atom. The van der Waals surface area contributed by atoms with Gasteiger partial charge in [-0.2, -0.15) is 52.7 Å². The zero-order valence-electron chi connectivity index (χ0n) is 36.4. The molecule has 4 N–H and O–H groups in total. The third-order valence-corrected chi connectivity index (χ3v) is 11.2. The maximum Gasteiger partial charge on any atom is 0.416 e. The van der Waals surface area contributed by atoms with E-state index >= 15 is 0 Å². The maximum absolute atomic E-state index is 13.2. The van der Waals surface area contributed by atoms with Crippen molar-refractivity contribution in [3.8, 4) is 0 Å².